The number of thiazole rings is 1. The number of carbonyl (C=O) groups is 1. The van der Waals surface area contributed by atoms with E-state index in [2.05, 4.69) is 10.1 Å². The van der Waals surface area contributed by atoms with E-state index in [0.29, 0.717) is 11.3 Å². The summed E-state index contributed by atoms with van der Waals surface area (Å²) in [7, 11) is 0. The Morgan fingerprint density at radius 3 is 3.10 bits per heavy atom. The molecule has 0 radical (unpaired) electrons. The maximum absolute atomic E-state index is 12.7. The van der Waals surface area contributed by atoms with Crippen molar-refractivity contribution in [3.8, 4) is 0 Å². The molecule has 2 aromatic heterocycles. The summed E-state index contributed by atoms with van der Waals surface area (Å²) in [5.41, 5.74) is 1.36. The third-order valence-electron chi connectivity index (χ3n) is 3.82. The third-order valence-corrected chi connectivity index (χ3v) is 5.00. The van der Waals surface area contributed by atoms with Crippen molar-refractivity contribution in [2.75, 3.05) is 6.54 Å². The lowest BCUT2D eigenvalue weighted by atomic mass is 10.0. The lowest BCUT2D eigenvalue weighted by Crippen LogP contribution is -2.39. The molecule has 0 aromatic carbocycles. The van der Waals surface area contributed by atoms with Gasteiger partial charge < -0.3 is 9.42 Å². The van der Waals surface area contributed by atoms with Gasteiger partial charge in [-0.25, -0.2) is 4.98 Å². The smallest absolute Gasteiger partial charge is 0.229 e. The van der Waals surface area contributed by atoms with Gasteiger partial charge in [-0.2, -0.15) is 0 Å². The number of nitrogens with zero attached hydrogens (tertiary/aromatic N) is 3. The largest absolute Gasteiger partial charge is 0.344 e. The van der Waals surface area contributed by atoms with Crippen LogP contribution >= 0.6 is 22.9 Å². The number of piperidine rings is 1. The summed E-state index contributed by atoms with van der Waals surface area (Å²) < 4.78 is 4.92. The normalized spacial score (nSPS) is 19.0. The maximum Gasteiger partial charge on any atom is 0.229 e. The van der Waals surface area contributed by atoms with Crippen LogP contribution in [-0.4, -0.2) is 27.5 Å². The zero-order valence-corrected chi connectivity index (χ0v) is 13.3. The Balaban J connectivity index is 1.79. The van der Waals surface area contributed by atoms with Crippen molar-refractivity contribution in [1.82, 2.24) is 15.0 Å². The van der Waals surface area contributed by atoms with E-state index in [0.717, 1.165) is 30.8 Å². The van der Waals surface area contributed by atoms with Crippen LogP contribution < -0.4 is 0 Å². The van der Waals surface area contributed by atoms with Gasteiger partial charge in [0, 0.05) is 23.7 Å². The molecule has 0 bridgehead atoms. The Labute approximate surface area is 131 Å². The molecule has 0 aliphatic carbocycles. The molecule has 0 unspecified atom stereocenters. The van der Waals surface area contributed by atoms with Crippen LogP contribution in [0.1, 0.15) is 41.6 Å². The van der Waals surface area contributed by atoms with Crippen LogP contribution in [0.3, 0.4) is 0 Å². The monoisotopic (exact) mass is 325 g/mol. The number of amides is 1. The first-order chi connectivity index (χ1) is 10.2. The Morgan fingerprint density at radius 2 is 2.43 bits per heavy atom. The van der Waals surface area contributed by atoms with E-state index in [4.69, 9.17) is 16.1 Å². The predicted molar refractivity (Wildman–Crippen MR) is 80.4 cm³/mol. The average Bonchev–Trinajstić information content (AvgIpc) is 3.13. The van der Waals surface area contributed by atoms with E-state index >= 15 is 0 Å². The first-order valence-corrected chi connectivity index (χ1v) is 8.22. The summed E-state index contributed by atoms with van der Waals surface area (Å²) in [6, 6.07) is 0.0881. The second-order valence-corrected chi connectivity index (χ2v) is 6.44. The Hall–Kier alpha value is -1.40. The predicted octanol–water partition coefficient (Wildman–Crippen LogP) is 3.39. The van der Waals surface area contributed by atoms with Gasteiger partial charge in [-0.3, -0.25) is 4.79 Å². The molecule has 5 nitrogen and oxygen atoms in total. The fourth-order valence-electron chi connectivity index (χ4n) is 2.70. The summed E-state index contributed by atoms with van der Waals surface area (Å²) >= 11 is 7.56. The Kier molecular flexibility index (Phi) is 4.26. The van der Waals surface area contributed by atoms with Gasteiger partial charge in [-0.15, -0.1) is 11.3 Å². The first-order valence-electron chi connectivity index (χ1n) is 6.96. The molecule has 21 heavy (non-hydrogen) atoms. The van der Waals surface area contributed by atoms with Gasteiger partial charge >= 0.3 is 0 Å². The van der Waals surface area contributed by atoms with Crippen LogP contribution in [0, 0.1) is 6.92 Å². The molecule has 1 aliphatic heterocycles. The number of hydrogen-bond donors (Lipinski definition) is 0. The molecule has 1 amide bonds. The quantitative estimate of drug-likeness (QED) is 0.868. The van der Waals surface area contributed by atoms with Crippen LogP contribution in [0.25, 0.3) is 0 Å². The highest BCUT2D eigenvalue weighted by atomic mass is 35.5. The van der Waals surface area contributed by atoms with E-state index < -0.39 is 0 Å². The molecule has 7 heteroatoms. The maximum atomic E-state index is 12.7. The number of aromatic nitrogens is 2. The van der Waals surface area contributed by atoms with E-state index in [1.54, 1.807) is 24.5 Å². The molecule has 0 N–H and O–H groups in total. The van der Waals surface area contributed by atoms with Crippen LogP contribution in [0.5, 0.6) is 0 Å². The standard InChI is InChI=1S/C14H16ClN3O2S/c1-9-10(13(15)20-17-9)8-12(19)18-6-3-2-4-11(18)14-16-5-7-21-14/h5,7,11H,2-4,6,8H2,1H3/t11-/m0/s1. The lowest BCUT2D eigenvalue weighted by molar-refractivity contribution is -0.134. The van der Waals surface area contributed by atoms with Gasteiger partial charge in [-0.05, 0) is 37.8 Å². The average molecular weight is 326 g/mol. The second kappa shape index (κ2) is 6.15. The summed E-state index contributed by atoms with van der Waals surface area (Å²) in [5, 5.41) is 6.97. The van der Waals surface area contributed by atoms with Gasteiger partial charge in [-0.1, -0.05) is 5.16 Å². The minimum absolute atomic E-state index is 0.0584. The fourth-order valence-corrected chi connectivity index (χ4v) is 3.72. The molecule has 3 rings (SSSR count). The van der Waals surface area contributed by atoms with Gasteiger partial charge in [0.15, 0.2) is 0 Å². The number of rotatable bonds is 3. The minimum Gasteiger partial charge on any atom is -0.344 e. The first kappa shape index (κ1) is 14.5. The van der Waals surface area contributed by atoms with Crippen molar-refractivity contribution >= 4 is 28.8 Å². The van der Waals surface area contributed by atoms with E-state index in [1.165, 1.54) is 0 Å². The molecule has 1 fully saturated rings. The van der Waals surface area contributed by atoms with Gasteiger partial charge in [0.25, 0.3) is 0 Å². The highest BCUT2D eigenvalue weighted by Crippen LogP contribution is 2.33. The number of likely N-dealkylation sites (tertiary alicyclic amines) is 1. The summed E-state index contributed by atoms with van der Waals surface area (Å²) in [6.07, 6.45) is 5.15. The Morgan fingerprint density at radius 1 is 1.57 bits per heavy atom. The SMILES string of the molecule is Cc1noc(Cl)c1CC(=O)N1CCCC[C@H]1c1nccs1. The zero-order chi connectivity index (χ0) is 14.8. The van der Waals surface area contributed by atoms with Gasteiger partial charge in [0.1, 0.15) is 5.01 Å². The summed E-state index contributed by atoms with van der Waals surface area (Å²) in [5.74, 6) is 0.0584. The van der Waals surface area contributed by atoms with Crippen molar-refractivity contribution in [2.45, 2.75) is 38.6 Å². The topological polar surface area (TPSA) is 59.2 Å². The molecule has 1 atom stereocenters. The van der Waals surface area contributed by atoms with Crippen molar-refractivity contribution in [3.63, 3.8) is 0 Å². The van der Waals surface area contributed by atoms with E-state index in [9.17, 15) is 4.79 Å². The summed E-state index contributed by atoms with van der Waals surface area (Å²) in [4.78, 5) is 18.9. The van der Waals surface area contributed by atoms with Crippen LogP contribution in [-0.2, 0) is 11.2 Å². The van der Waals surface area contributed by atoms with E-state index in [1.807, 2.05) is 10.3 Å². The van der Waals surface area contributed by atoms with Crippen molar-refractivity contribution in [1.29, 1.82) is 0 Å². The van der Waals surface area contributed by atoms with Gasteiger partial charge in [0.05, 0.1) is 18.2 Å². The highest BCUT2D eigenvalue weighted by molar-refractivity contribution is 7.09. The zero-order valence-electron chi connectivity index (χ0n) is 11.7. The second-order valence-electron chi connectivity index (χ2n) is 5.17. The molecule has 3 heterocycles. The summed E-state index contributed by atoms with van der Waals surface area (Å²) in [6.45, 7) is 2.57. The van der Waals surface area contributed by atoms with Crippen molar-refractivity contribution in [3.05, 3.63) is 33.1 Å². The van der Waals surface area contributed by atoms with Crippen molar-refractivity contribution < 1.29 is 9.32 Å². The molecule has 1 saturated heterocycles. The number of hydrogen-bond acceptors (Lipinski definition) is 5. The molecule has 2 aromatic rings. The van der Waals surface area contributed by atoms with E-state index in [-0.39, 0.29) is 23.6 Å². The molecule has 0 saturated carbocycles. The molecule has 1 aliphatic rings. The number of aryl methyl sites for hydroxylation is 1. The highest BCUT2D eigenvalue weighted by Gasteiger charge is 2.30. The van der Waals surface area contributed by atoms with Crippen LogP contribution in [0.2, 0.25) is 5.22 Å². The molecule has 112 valence electrons. The molecular weight excluding hydrogens is 310 g/mol. The lowest BCUT2D eigenvalue weighted by Gasteiger charge is -2.34. The van der Waals surface area contributed by atoms with Crippen LogP contribution in [0.15, 0.2) is 16.1 Å². The fraction of sp³-hybridized carbons (Fsp3) is 0.500. The van der Waals surface area contributed by atoms with Gasteiger partial charge in [0.2, 0.25) is 11.1 Å². The number of carbonyl (C=O) groups excluding carboxylic acids is 1. The number of halogens is 1. The van der Waals surface area contributed by atoms with Crippen LogP contribution in [0.4, 0.5) is 0 Å². The Bertz CT molecular complexity index is 607. The van der Waals surface area contributed by atoms with Crippen molar-refractivity contribution in [2.24, 2.45) is 0 Å². The molecule has 0 spiro atoms. The third kappa shape index (κ3) is 2.96. The minimum atomic E-state index is 0.0584. The molecular formula is C14H16ClN3O2S.